The molecule has 142 valence electrons. The van der Waals surface area contributed by atoms with Crippen LogP contribution in [0.2, 0.25) is 0 Å². The molecule has 2 aliphatic heterocycles. The van der Waals surface area contributed by atoms with Gasteiger partial charge in [-0.2, -0.15) is 0 Å². The molecule has 1 aromatic carbocycles. The zero-order valence-electron chi connectivity index (χ0n) is 13.7. The number of ether oxygens (including phenoxy) is 2. The van der Waals surface area contributed by atoms with E-state index in [4.69, 9.17) is 14.6 Å². The lowest BCUT2D eigenvalue weighted by Gasteiger charge is -2.39. The van der Waals surface area contributed by atoms with Crippen molar-refractivity contribution in [3.63, 3.8) is 0 Å². The van der Waals surface area contributed by atoms with Crippen molar-refractivity contribution >= 4 is 23.0 Å². The Labute approximate surface area is 152 Å². The highest BCUT2D eigenvalue weighted by Crippen LogP contribution is 2.41. The molecule has 1 fully saturated rings. The number of amidine groups is 1. The van der Waals surface area contributed by atoms with E-state index in [0.717, 1.165) is 16.7 Å². The van der Waals surface area contributed by atoms with Crippen molar-refractivity contribution < 1.29 is 32.5 Å². The third kappa shape index (κ3) is 3.81. The monoisotopic (exact) mass is 390 g/mol. The van der Waals surface area contributed by atoms with Crippen LogP contribution in [-0.2, 0) is 16.1 Å². The van der Waals surface area contributed by atoms with Crippen LogP contribution < -0.4 is 0 Å². The molecular formula is C16H17F3N2O4S. The van der Waals surface area contributed by atoms with Crippen molar-refractivity contribution in [3.05, 3.63) is 35.9 Å². The number of nitrogens with zero attached hydrogens (tertiary/aromatic N) is 2. The Morgan fingerprint density at radius 1 is 1.42 bits per heavy atom. The van der Waals surface area contributed by atoms with Crippen molar-refractivity contribution in [2.24, 2.45) is 4.99 Å². The van der Waals surface area contributed by atoms with Crippen LogP contribution in [0.5, 0.6) is 0 Å². The predicted molar refractivity (Wildman–Crippen MR) is 89.2 cm³/mol. The summed E-state index contributed by atoms with van der Waals surface area (Å²) in [4.78, 5) is 15.8. The molecule has 10 heteroatoms. The summed E-state index contributed by atoms with van der Waals surface area (Å²) in [5, 5.41) is 9.00. The molecule has 0 bridgehead atoms. The van der Waals surface area contributed by atoms with Crippen LogP contribution in [0.3, 0.4) is 0 Å². The van der Waals surface area contributed by atoms with E-state index < -0.39 is 42.4 Å². The summed E-state index contributed by atoms with van der Waals surface area (Å²) in [6, 6.07) is 7.68. The molecule has 1 saturated heterocycles. The number of halogens is 3. The number of benzene rings is 1. The SMILES string of the molecule is CN(C(=O)O)C1=N[C@@H]2[C@@H](F)[C@H](OCc3ccccc3)[C@@H](C(F)F)O[C@@H]2S1. The summed E-state index contributed by atoms with van der Waals surface area (Å²) >= 11 is 0.816. The second-order valence-corrected chi connectivity index (χ2v) is 6.94. The highest BCUT2D eigenvalue weighted by Gasteiger charge is 2.53. The highest BCUT2D eigenvalue weighted by molar-refractivity contribution is 8.14. The molecule has 0 aliphatic carbocycles. The second kappa shape index (κ2) is 7.85. The number of carboxylic acid groups (broad SMARTS) is 1. The molecule has 1 aromatic rings. The van der Waals surface area contributed by atoms with Crippen molar-refractivity contribution in [3.8, 4) is 0 Å². The maximum Gasteiger partial charge on any atom is 0.413 e. The molecule has 0 unspecified atom stereocenters. The lowest BCUT2D eigenvalue weighted by Crippen LogP contribution is -2.56. The molecular weight excluding hydrogens is 373 g/mol. The van der Waals surface area contributed by atoms with Gasteiger partial charge in [0.05, 0.1) is 6.61 Å². The number of carbonyl (C=O) groups is 1. The summed E-state index contributed by atoms with van der Waals surface area (Å²) in [5.74, 6) is 0. The average molecular weight is 390 g/mol. The topological polar surface area (TPSA) is 71.4 Å². The number of hydrogen-bond acceptors (Lipinski definition) is 5. The van der Waals surface area contributed by atoms with E-state index in [1.54, 1.807) is 30.3 Å². The molecule has 0 saturated carbocycles. The minimum atomic E-state index is -2.95. The first-order valence-corrected chi connectivity index (χ1v) is 8.70. The first kappa shape index (κ1) is 19.0. The number of amides is 1. The minimum Gasteiger partial charge on any atom is -0.465 e. The Morgan fingerprint density at radius 3 is 2.73 bits per heavy atom. The van der Waals surface area contributed by atoms with E-state index in [1.165, 1.54) is 7.05 Å². The fraction of sp³-hybridized carbons (Fsp3) is 0.500. The molecule has 3 rings (SSSR count). The first-order chi connectivity index (χ1) is 12.4. The van der Waals surface area contributed by atoms with E-state index >= 15 is 0 Å². The molecule has 5 atom stereocenters. The van der Waals surface area contributed by atoms with Gasteiger partial charge in [0.25, 0.3) is 6.43 Å². The Balaban J connectivity index is 1.76. The van der Waals surface area contributed by atoms with E-state index in [0.29, 0.717) is 5.56 Å². The fourth-order valence-electron chi connectivity index (χ4n) is 2.73. The maximum absolute atomic E-state index is 14.9. The summed E-state index contributed by atoms with van der Waals surface area (Å²) in [7, 11) is 1.24. The number of aliphatic imine (C=N–C) groups is 1. The third-order valence-corrected chi connectivity index (χ3v) is 5.33. The Hall–Kier alpha value is -1.78. The zero-order valence-corrected chi connectivity index (χ0v) is 14.5. The van der Waals surface area contributed by atoms with Gasteiger partial charge in [-0.05, 0) is 5.56 Å². The lowest BCUT2D eigenvalue weighted by molar-refractivity contribution is -0.199. The molecule has 2 aliphatic rings. The van der Waals surface area contributed by atoms with E-state index in [2.05, 4.69) is 4.99 Å². The fourth-order valence-corrected chi connectivity index (χ4v) is 3.89. The van der Waals surface area contributed by atoms with Crippen LogP contribution in [-0.4, -0.2) is 64.6 Å². The first-order valence-electron chi connectivity index (χ1n) is 7.83. The molecule has 6 nitrogen and oxygen atoms in total. The largest absolute Gasteiger partial charge is 0.465 e. The van der Waals surface area contributed by atoms with Gasteiger partial charge in [-0.1, -0.05) is 42.1 Å². The standard InChI is InChI=1S/C16H17F3N2O4S/c1-21(16(22)23)15-20-10-9(17)11(12(13(18)19)25-14(10)26-15)24-7-8-5-3-2-4-6-8/h2-6,9-14H,7H2,1H3,(H,22,23)/t9-,10-,11+,12+,14-/m1/s1. The second-order valence-electron chi connectivity index (χ2n) is 5.87. The van der Waals surface area contributed by atoms with Crippen LogP contribution in [0.15, 0.2) is 35.3 Å². The normalized spacial score (nSPS) is 30.8. The Bertz CT molecular complexity index is 679. The highest BCUT2D eigenvalue weighted by atomic mass is 32.2. The van der Waals surface area contributed by atoms with Gasteiger partial charge in [-0.15, -0.1) is 0 Å². The van der Waals surface area contributed by atoms with Crippen molar-refractivity contribution in [2.75, 3.05) is 7.05 Å². The van der Waals surface area contributed by atoms with Gasteiger partial charge in [-0.25, -0.2) is 18.0 Å². The van der Waals surface area contributed by atoms with E-state index in [-0.39, 0.29) is 11.8 Å². The van der Waals surface area contributed by atoms with Gasteiger partial charge in [-0.3, -0.25) is 9.89 Å². The number of hydrogen-bond donors (Lipinski definition) is 1. The Morgan fingerprint density at radius 2 is 2.12 bits per heavy atom. The van der Waals surface area contributed by atoms with Crippen LogP contribution in [0.4, 0.5) is 18.0 Å². The van der Waals surface area contributed by atoms with Crippen LogP contribution in [0.25, 0.3) is 0 Å². The van der Waals surface area contributed by atoms with Gasteiger partial charge in [0.15, 0.2) is 11.3 Å². The lowest BCUT2D eigenvalue weighted by atomic mass is 9.99. The quantitative estimate of drug-likeness (QED) is 0.856. The van der Waals surface area contributed by atoms with Gasteiger partial charge >= 0.3 is 6.09 Å². The predicted octanol–water partition coefficient (Wildman–Crippen LogP) is 2.98. The average Bonchev–Trinajstić information content (AvgIpc) is 3.05. The number of thioether (sulfide) groups is 1. The van der Waals surface area contributed by atoms with Crippen molar-refractivity contribution in [1.29, 1.82) is 0 Å². The smallest absolute Gasteiger partial charge is 0.413 e. The summed E-state index contributed by atoms with van der Waals surface area (Å²) in [6.07, 6.45) is -9.34. The summed E-state index contributed by atoms with van der Waals surface area (Å²) < 4.78 is 52.4. The molecule has 26 heavy (non-hydrogen) atoms. The molecule has 0 radical (unpaired) electrons. The number of rotatable bonds is 4. The minimum absolute atomic E-state index is 0.00637. The van der Waals surface area contributed by atoms with Crippen molar-refractivity contribution in [2.45, 2.75) is 42.9 Å². The maximum atomic E-state index is 14.9. The number of fused-ring (bicyclic) bond motifs is 1. The third-order valence-electron chi connectivity index (χ3n) is 4.12. The van der Waals surface area contributed by atoms with Gasteiger partial charge in [0.1, 0.15) is 23.7 Å². The molecule has 1 amide bonds. The summed E-state index contributed by atoms with van der Waals surface area (Å²) in [6.45, 7) is -0.0470. The molecule has 1 N–H and O–H groups in total. The van der Waals surface area contributed by atoms with Gasteiger partial charge in [0, 0.05) is 7.05 Å². The van der Waals surface area contributed by atoms with E-state index in [9.17, 15) is 18.0 Å². The molecule has 0 spiro atoms. The van der Waals surface area contributed by atoms with Crippen LogP contribution in [0, 0.1) is 0 Å². The Kier molecular flexibility index (Phi) is 5.73. The van der Waals surface area contributed by atoms with Gasteiger partial charge in [0.2, 0.25) is 0 Å². The molecule has 2 heterocycles. The summed E-state index contributed by atoms with van der Waals surface area (Å²) in [5.41, 5.74) is -0.303. The van der Waals surface area contributed by atoms with Crippen LogP contribution >= 0.6 is 11.8 Å². The van der Waals surface area contributed by atoms with Gasteiger partial charge < -0.3 is 14.6 Å². The molecule has 0 aromatic heterocycles. The number of alkyl halides is 3. The van der Waals surface area contributed by atoms with E-state index in [1.807, 2.05) is 0 Å². The van der Waals surface area contributed by atoms with Crippen LogP contribution in [0.1, 0.15) is 5.56 Å². The van der Waals surface area contributed by atoms with Crippen molar-refractivity contribution in [1.82, 2.24) is 4.90 Å². The zero-order chi connectivity index (χ0) is 18.8.